The van der Waals surface area contributed by atoms with Crippen molar-refractivity contribution < 1.29 is 22.7 Å². The number of alkyl halides is 3. The highest BCUT2D eigenvalue weighted by atomic mass is 19.4. The average Bonchev–Trinajstić information content (AvgIpc) is 2.48. The molecule has 122 valence electrons. The van der Waals surface area contributed by atoms with E-state index < -0.39 is 23.3 Å². The molecule has 0 unspecified atom stereocenters. The summed E-state index contributed by atoms with van der Waals surface area (Å²) in [5.74, 6) is -0.844. The van der Waals surface area contributed by atoms with E-state index in [0.29, 0.717) is 5.69 Å². The fraction of sp³-hybridized carbons (Fsp3) is 0.267. The number of esters is 1. The molecule has 0 saturated heterocycles. The van der Waals surface area contributed by atoms with Gasteiger partial charge in [-0.2, -0.15) is 23.0 Å². The van der Waals surface area contributed by atoms with Crippen molar-refractivity contribution in [3.63, 3.8) is 0 Å². The molecule has 0 aliphatic carbocycles. The molecule has 0 spiro atoms. The van der Waals surface area contributed by atoms with Gasteiger partial charge in [0, 0.05) is 0 Å². The number of aromatic nitrogens is 2. The number of hydrogen-bond donors (Lipinski definition) is 0. The molecule has 0 aliphatic rings. The van der Waals surface area contributed by atoms with Gasteiger partial charge >= 0.3 is 12.1 Å². The second-order valence-corrected chi connectivity index (χ2v) is 4.68. The number of aryl methyl sites for hydroxylation is 1. The van der Waals surface area contributed by atoms with Crippen molar-refractivity contribution in [2.75, 3.05) is 6.61 Å². The summed E-state index contributed by atoms with van der Waals surface area (Å²) in [6.07, 6.45) is -4.55. The van der Waals surface area contributed by atoms with E-state index in [9.17, 15) is 22.8 Å². The van der Waals surface area contributed by atoms with Crippen molar-refractivity contribution in [1.29, 1.82) is 0 Å². The molecule has 1 heterocycles. The van der Waals surface area contributed by atoms with Crippen molar-refractivity contribution in [2.24, 2.45) is 0 Å². The Hall–Kier alpha value is -2.64. The second-order valence-electron chi connectivity index (χ2n) is 4.68. The minimum Gasteiger partial charge on any atom is -0.462 e. The van der Waals surface area contributed by atoms with Gasteiger partial charge in [-0.25, -0.2) is 4.79 Å². The average molecular weight is 326 g/mol. The van der Waals surface area contributed by atoms with E-state index in [0.717, 1.165) is 16.8 Å². The maximum atomic E-state index is 12.8. The highest BCUT2D eigenvalue weighted by Crippen LogP contribution is 2.30. The summed E-state index contributed by atoms with van der Waals surface area (Å²) in [7, 11) is 0. The number of hydrogen-bond acceptors (Lipinski definition) is 4. The molecule has 1 aromatic carbocycles. The normalized spacial score (nSPS) is 11.3. The van der Waals surface area contributed by atoms with Crippen LogP contribution in [0.2, 0.25) is 0 Å². The van der Waals surface area contributed by atoms with Crippen molar-refractivity contribution in [3.05, 3.63) is 57.5 Å². The third-order valence-corrected chi connectivity index (χ3v) is 2.95. The first-order valence-electron chi connectivity index (χ1n) is 6.69. The molecule has 2 rings (SSSR count). The van der Waals surface area contributed by atoms with Gasteiger partial charge in [0.05, 0.1) is 23.6 Å². The van der Waals surface area contributed by atoms with Gasteiger partial charge in [-0.15, -0.1) is 0 Å². The van der Waals surface area contributed by atoms with Crippen LogP contribution < -0.4 is 5.56 Å². The number of carbonyl (C=O) groups is 1. The van der Waals surface area contributed by atoms with Gasteiger partial charge in [0.1, 0.15) is 5.56 Å². The van der Waals surface area contributed by atoms with E-state index in [-0.39, 0.29) is 17.9 Å². The standard InChI is InChI=1S/C15H13F3N2O3/c1-3-23-14(22)12-7-9(2)19-20(13(12)21)11-6-4-5-10(8-11)15(16,17)18/h4-8H,3H2,1-2H3. The zero-order valence-electron chi connectivity index (χ0n) is 12.3. The fourth-order valence-electron chi connectivity index (χ4n) is 1.96. The van der Waals surface area contributed by atoms with Crippen LogP contribution >= 0.6 is 0 Å². The lowest BCUT2D eigenvalue weighted by Gasteiger charge is -2.11. The van der Waals surface area contributed by atoms with Gasteiger partial charge < -0.3 is 4.74 Å². The smallest absolute Gasteiger partial charge is 0.416 e. The molecule has 5 nitrogen and oxygen atoms in total. The molecule has 0 fully saturated rings. The molecule has 23 heavy (non-hydrogen) atoms. The predicted octanol–water partition coefficient (Wildman–Crippen LogP) is 2.74. The molecule has 8 heteroatoms. The molecule has 0 saturated carbocycles. The Kier molecular flexibility index (Phi) is 4.53. The van der Waals surface area contributed by atoms with Gasteiger partial charge in [0.25, 0.3) is 5.56 Å². The molecule has 0 atom stereocenters. The van der Waals surface area contributed by atoms with Crippen molar-refractivity contribution >= 4 is 5.97 Å². The first-order valence-corrected chi connectivity index (χ1v) is 6.69. The number of carbonyl (C=O) groups excluding carboxylic acids is 1. The topological polar surface area (TPSA) is 61.2 Å². The maximum Gasteiger partial charge on any atom is 0.416 e. The summed E-state index contributed by atoms with van der Waals surface area (Å²) in [6.45, 7) is 3.17. The van der Waals surface area contributed by atoms with Crippen LogP contribution in [0.3, 0.4) is 0 Å². The van der Waals surface area contributed by atoms with E-state index in [2.05, 4.69) is 5.10 Å². The maximum absolute atomic E-state index is 12.8. The van der Waals surface area contributed by atoms with Crippen LogP contribution in [-0.2, 0) is 10.9 Å². The number of ether oxygens (including phenoxy) is 1. The van der Waals surface area contributed by atoms with Gasteiger partial charge in [0.2, 0.25) is 0 Å². The highest BCUT2D eigenvalue weighted by Gasteiger charge is 2.30. The fourth-order valence-corrected chi connectivity index (χ4v) is 1.96. The first-order chi connectivity index (χ1) is 10.7. The zero-order valence-corrected chi connectivity index (χ0v) is 12.3. The van der Waals surface area contributed by atoms with E-state index in [1.54, 1.807) is 6.92 Å². The van der Waals surface area contributed by atoms with Gasteiger partial charge in [-0.1, -0.05) is 6.07 Å². The lowest BCUT2D eigenvalue weighted by molar-refractivity contribution is -0.137. The number of halogens is 3. The molecule has 1 aromatic heterocycles. The van der Waals surface area contributed by atoms with Crippen LogP contribution in [0.4, 0.5) is 13.2 Å². The number of rotatable bonds is 3. The van der Waals surface area contributed by atoms with Crippen molar-refractivity contribution in [1.82, 2.24) is 9.78 Å². The van der Waals surface area contributed by atoms with Crippen LogP contribution in [0, 0.1) is 6.92 Å². The Balaban J connectivity index is 2.61. The third kappa shape index (κ3) is 3.58. The van der Waals surface area contributed by atoms with Crippen molar-refractivity contribution in [3.8, 4) is 5.69 Å². The molecule has 0 radical (unpaired) electrons. The Morgan fingerprint density at radius 3 is 2.61 bits per heavy atom. The minimum atomic E-state index is -4.55. The lowest BCUT2D eigenvalue weighted by atomic mass is 10.2. The predicted molar refractivity (Wildman–Crippen MR) is 75.5 cm³/mol. The Morgan fingerprint density at radius 2 is 2.00 bits per heavy atom. The zero-order chi connectivity index (χ0) is 17.2. The number of benzene rings is 1. The number of nitrogens with zero attached hydrogens (tertiary/aromatic N) is 2. The van der Waals surface area contributed by atoms with E-state index in [1.165, 1.54) is 25.1 Å². The first kappa shape index (κ1) is 16.7. The molecule has 0 aliphatic heterocycles. The Bertz CT molecular complexity index is 797. The van der Waals surface area contributed by atoms with Crippen LogP contribution in [0.15, 0.2) is 35.1 Å². The minimum absolute atomic E-state index is 0.0726. The largest absolute Gasteiger partial charge is 0.462 e. The van der Waals surface area contributed by atoms with E-state index in [1.807, 2.05) is 0 Å². The third-order valence-electron chi connectivity index (χ3n) is 2.95. The SMILES string of the molecule is CCOC(=O)c1cc(C)nn(-c2cccc(C(F)(F)F)c2)c1=O. The molecular formula is C15H13F3N2O3. The van der Waals surface area contributed by atoms with Gasteiger partial charge in [0.15, 0.2) is 0 Å². The summed E-state index contributed by atoms with van der Waals surface area (Å²) in [6, 6.07) is 5.39. The summed E-state index contributed by atoms with van der Waals surface area (Å²) < 4.78 is 43.9. The van der Waals surface area contributed by atoms with E-state index >= 15 is 0 Å². The van der Waals surface area contributed by atoms with Crippen LogP contribution in [0.5, 0.6) is 0 Å². The van der Waals surface area contributed by atoms with Crippen LogP contribution in [-0.4, -0.2) is 22.4 Å². The molecule has 0 N–H and O–H groups in total. The Morgan fingerprint density at radius 1 is 1.30 bits per heavy atom. The van der Waals surface area contributed by atoms with Crippen molar-refractivity contribution in [2.45, 2.75) is 20.0 Å². The molecule has 0 amide bonds. The quantitative estimate of drug-likeness (QED) is 0.814. The summed E-state index contributed by atoms with van der Waals surface area (Å²) in [5, 5.41) is 3.90. The monoisotopic (exact) mass is 326 g/mol. The second kappa shape index (κ2) is 6.23. The molecular weight excluding hydrogens is 313 g/mol. The Labute approximate surface area is 129 Å². The van der Waals surface area contributed by atoms with Gasteiger partial charge in [-0.3, -0.25) is 4.79 Å². The van der Waals surface area contributed by atoms with Crippen LogP contribution in [0.1, 0.15) is 28.5 Å². The molecule has 2 aromatic rings. The lowest BCUT2D eigenvalue weighted by Crippen LogP contribution is -2.29. The van der Waals surface area contributed by atoms with Crippen LogP contribution in [0.25, 0.3) is 5.69 Å². The summed E-state index contributed by atoms with van der Waals surface area (Å²) in [4.78, 5) is 24.1. The summed E-state index contributed by atoms with van der Waals surface area (Å²) >= 11 is 0. The summed E-state index contributed by atoms with van der Waals surface area (Å²) in [5.41, 5.74) is -1.82. The van der Waals surface area contributed by atoms with Gasteiger partial charge in [-0.05, 0) is 38.1 Å². The van der Waals surface area contributed by atoms with E-state index in [4.69, 9.17) is 4.74 Å². The molecule has 0 bridgehead atoms. The highest BCUT2D eigenvalue weighted by molar-refractivity contribution is 5.89.